The molecule has 0 spiro atoms. The van der Waals surface area contributed by atoms with Crippen molar-refractivity contribution < 1.29 is 14.0 Å². The molecule has 28 heavy (non-hydrogen) atoms. The SMILES string of the molecule is Cc1ccc(C2=C(Nc3ccccc3C)C(=O)N(Cc3ccco3)C2=O)cc1. The molecule has 5 nitrogen and oxygen atoms in total. The monoisotopic (exact) mass is 372 g/mol. The Morgan fingerprint density at radius 1 is 0.893 bits per heavy atom. The second kappa shape index (κ2) is 7.19. The van der Waals surface area contributed by atoms with Crippen molar-refractivity contribution >= 4 is 23.1 Å². The predicted octanol–water partition coefficient (Wildman–Crippen LogP) is 4.29. The summed E-state index contributed by atoms with van der Waals surface area (Å²) in [4.78, 5) is 27.5. The van der Waals surface area contributed by atoms with E-state index in [-0.39, 0.29) is 24.1 Å². The predicted molar refractivity (Wildman–Crippen MR) is 107 cm³/mol. The number of benzene rings is 2. The van der Waals surface area contributed by atoms with Gasteiger partial charge in [-0.25, -0.2) is 0 Å². The molecule has 2 heterocycles. The van der Waals surface area contributed by atoms with Gasteiger partial charge in [0.15, 0.2) is 0 Å². The van der Waals surface area contributed by atoms with Crippen LogP contribution in [0.2, 0.25) is 0 Å². The van der Waals surface area contributed by atoms with Gasteiger partial charge in [0.2, 0.25) is 0 Å². The van der Waals surface area contributed by atoms with Crippen molar-refractivity contribution in [2.24, 2.45) is 0 Å². The highest BCUT2D eigenvalue weighted by atomic mass is 16.3. The number of imide groups is 1. The molecular weight excluding hydrogens is 352 g/mol. The van der Waals surface area contributed by atoms with Gasteiger partial charge >= 0.3 is 0 Å². The number of furan rings is 1. The molecule has 0 saturated carbocycles. The van der Waals surface area contributed by atoms with Gasteiger partial charge in [-0.2, -0.15) is 0 Å². The number of carbonyl (C=O) groups is 2. The van der Waals surface area contributed by atoms with Crippen LogP contribution in [0.4, 0.5) is 5.69 Å². The third kappa shape index (κ3) is 3.22. The minimum atomic E-state index is -0.361. The Hall–Kier alpha value is -3.60. The standard InChI is InChI=1S/C23H20N2O3/c1-15-9-11-17(12-10-15)20-21(24-19-8-4-3-6-16(19)2)23(27)25(22(20)26)14-18-7-5-13-28-18/h3-13,24H,14H2,1-2H3. The molecule has 1 aromatic heterocycles. The normalized spacial score (nSPS) is 14.1. The molecule has 0 radical (unpaired) electrons. The Bertz CT molecular complexity index is 1060. The molecular formula is C23H20N2O3. The highest BCUT2D eigenvalue weighted by Crippen LogP contribution is 2.32. The van der Waals surface area contributed by atoms with E-state index in [4.69, 9.17) is 4.42 Å². The van der Waals surface area contributed by atoms with Crippen LogP contribution in [-0.4, -0.2) is 16.7 Å². The lowest BCUT2D eigenvalue weighted by Gasteiger charge is -2.14. The fourth-order valence-corrected chi connectivity index (χ4v) is 3.23. The number of nitrogens with zero attached hydrogens (tertiary/aromatic N) is 1. The molecule has 4 rings (SSSR count). The lowest BCUT2D eigenvalue weighted by molar-refractivity contribution is -0.137. The third-order valence-corrected chi connectivity index (χ3v) is 4.81. The number of anilines is 1. The first-order valence-electron chi connectivity index (χ1n) is 9.07. The molecule has 0 aliphatic carbocycles. The second-order valence-corrected chi connectivity index (χ2v) is 6.83. The molecule has 0 saturated heterocycles. The maximum absolute atomic E-state index is 13.2. The number of hydrogen-bond donors (Lipinski definition) is 1. The van der Waals surface area contributed by atoms with E-state index >= 15 is 0 Å². The zero-order chi connectivity index (χ0) is 19.7. The average Bonchev–Trinajstić information content (AvgIpc) is 3.28. The molecule has 5 heteroatoms. The molecule has 1 aliphatic rings. The molecule has 0 unspecified atom stereocenters. The number of aryl methyl sites for hydroxylation is 2. The molecule has 0 bridgehead atoms. The first-order chi connectivity index (χ1) is 13.5. The smallest absolute Gasteiger partial charge is 0.278 e. The second-order valence-electron chi connectivity index (χ2n) is 6.83. The van der Waals surface area contributed by atoms with Crippen LogP contribution in [0.25, 0.3) is 5.57 Å². The van der Waals surface area contributed by atoms with Crippen molar-refractivity contribution in [3.63, 3.8) is 0 Å². The van der Waals surface area contributed by atoms with Crippen LogP contribution in [0.15, 0.2) is 77.0 Å². The zero-order valence-corrected chi connectivity index (χ0v) is 15.7. The van der Waals surface area contributed by atoms with Gasteiger partial charge in [-0.05, 0) is 43.2 Å². The molecule has 1 aliphatic heterocycles. The van der Waals surface area contributed by atoms with Crippen LogP contribution in [0, 0.1) is 13.8 Å². The summed E-state index contributed by atoms with van der Waals surface area (Å²) in [6, 6.07) is 18.8. The molecule has 1 N–H and O–H groups in total. The summed E-state index contributed by atoms with van der Waals surface area (Å²) >= 11 is 0. The highest BCUT2D eigenvalue weighted by molar-refractivity contribution is 6.36. The summed E-state index contributed by atoms with van der Waals surface area (Å²) in [5.41, 5.74) is 4.24. The summed E-state index contributed by atoms with van der Waals surface area (Å²) < 4.78 is 5.34. The van der Waals surface area contributed by atoms with Crippen molar-refractivity contribution in [3.05, 3.63) is 95.1 Å². The number of nitrogens with one attached hydrogen (secondary N) is 1. The van der Waals surface area contributed by atoms with Crippen molar-refractivity contribution in [2.75, 3.05) is 5.32 Å². The van der Waals surface area contributed by atoms with E-state index in [0.717, 1.165) is 16.8 Å². The third-order valence-electron chi connectivity index (χ3n) is 4.81. The summed E-state index contributed by atoms with van der Waals surface area (Å²) in [6.07, 6.45) is 1.53. The highest BCUT2D eigenvalue weighted by Gasteiger charge is 2.39. The minimum Gasteiger partial charge on any atom is -0.467 e. The van der Waals surface area contributed by atoms with Crippen LogP contribution in [0.1, 0.15) is 22.5 Å². The Kier molecular flexibility index (Phi) is 4.57. The zero-order valence-electron chi connectivity index (χ0n) is 15.7. The molecule has 2 amide bonds. The van der Waals surface area contributed by atoms with Crippen LogP contribution in [0.5, 0.6) is 0 Å². The lowest BCUT2D eigenvalue weighted by atomic mass is 10.0. The van der Waals surface area contributed by atoms with Gasteiger partial charge in [0, 0.05) is 5.69 Å². The van der Waals surface area contributed by atoms with Gasteiger partial charge in [-0.1, -0.05) is 48.0 Å². The van der Waals surface area contributed by atoms with E-state index in [9.17, 15) is 9.59 Å². The Morgan fingerprint density at radius 3 is 2.32 bits per heavy atom. The first-order valence-corrected chi connectivity index (χ1v) is 9.07. The average molecular weight is 372 g/mol. The molecule has 0 atom stereocenters. The summed E-state index contributed by atoms with van der Waals surface area (Å²) in [5, 5.41) is 3.20. The maximum Gasteiger partial charge on any atom is 0.278 e. The van der Waals surface area contributed by atoms with Crippen LogP contribution in [-0.2, 0) is 16.1 Å². The van der Waals surface area contributed by atoms with Crippen molar-refractivity contribution in [1.82, 2.24) is 4.90 Å². The number of para-hydroxylation sites is 1. The van der Waals surface area contributed by atoms with E-state index in [1.54, 1.807) is 12.1 Å². The van der Waals surface area contributed by atoms with Crippen LogP contribution < -0.4 is 5.32 Å². The van der Waals surface area contributed by atoms with E-state index < -0.39 is 0 Å². The minimum absolute atomic E-state index is 0.0962. The van der Waals surface area contributed by atoms with Crippen molar-refractivity contribution in [1.29, 1.82) is 0 Å². The molecule has 140 valence electrons. The largest absolute Gasteiger partial charge is 0.467 e. The van der Waals surface area contributed by atoms with E-state index in [0.29, 0.717) is 16.9 Å². The van der Waals surface area contributed by atoms with Gasteiger partial charge in [0.1, 0.15) is 11.5 Å². The Balaban J connectivity index is 1.77. The number of carbonyl (C=O) groups excluding carboxylic acids is 2. The molecule has 0 fully saturated rings. The number of rotatable bonds is 5. The van der Waals surface area contributed by atoms with E-state index in [1.807, 2.05) is 62.4 Å². The lowest BCUT2D eigenvalue weighted by Crippen LogP contribution is -2.31. The Labute approximate surface area is 163 Å². The topological polar surface area (TPSA) is 62.6 Å². The van der Waals surface area contributed by atoms with Crippen molar-refractivity contribution in [3.8, 4) is 0 Å². The fraction of sp³-hybridized carbons (Fsp3) is 0.130. The van der Waals surface area contributed by atoms with Gasteiger partial charge in [-0.15, -0.1) is 0 Å². The summed E-state index contributed by atoms with van der Waals surface area (Å²) in [5.74, 6) is -0.135. The number of hydrogen-bond acceptors (Lipinski definition) is 4. The Morgan fingerprint density at radius 2 is 1.64 bits per heavy atom. The maximum atomic E-state index is 13.2. The molecule has 3 aromatic rings. The van der Waals surface area contributed by atoms with E-state index in [2.05, 4.69) is 5.32 Å². The van der Waals surface area contributed by atoms with E-state index in [1.165, 1.54) is 11.2 Å². The van der Waals surface area contributed by atoms with Crippen LogP contribution >= 0.6 is 0 Å². The number of amides is 2. The first kappa shape index (κ1) is 17.8. The quantitative estimate of drug-likeness (QED) is 0.679. The van der Waals surface area contributed by atoms with Gasteiger partial charge < -0.3 is 9.73 Å². The van der Waals surface area contributed by atoms with Gasteiger partial charge in [-0.3, -0.25) is 14.5 Å². The summed E-state index contributed by atoms with van der Waals surface area (Å²) in [6.45, 7) is 4.03. The van der Waals surface area contributed by atoms with Gasteiger partial charge in [0.25, 0.3) is 11.8 Å². The van der Waals surface area contributed by atoms with Gasteiger partial charge in [0.05, 0.1) is 18.4 Å². The van der Waals surface area contributed by atoms with Crippen LogP contribution in [0.3, 0.4) is 0 Å². The summed E-state index contributed by atoms with van der Waals surface area (Å²) in [7, 11) is 0. The molecule has 2 aromatic carbocycles. The fourth-order valence-electron chi connectivity index (χ4n) is 3.23. The van der Waals surface area contributed by atoms with Crippen molar-refractivity contribution in [2.45, 2.75) is 20.4 Å².